The van der Waals surface area contributed by atoms with Crippen LogP contribution in [0, 0.1) is 29.1 Å². The van der Waals surface area contributed by atoms with Crippen molar-refractivity contribution in [1.29, 1.82) is 0 Å². The van der Waals surface area contributed by atoms with Crippen molar-refractivity contribution in [3.05, 3.63) is 29.1 Å². The normalized spacial score (nSPS) is 12.9. The lowest BCUT2D eigenvalue weighted by Gasteiger charge is -2.13. The molecule has 9 heteroatoms. The molecule has 0 radical (unpaired) electrons. The Hall–Kier alpha value is -1.51. The van der Waals surface area contributed by atoms with E-state index in [1.165, 1.54) is 0 Å². The molecule has 0 saturated carbocycles. The second-order valence-electron chi connectivity index (χ2n) is 3.23. The molecule has 1 aromatic rings. The van der Waals surface area contributed by atoms with Gasteiger partial charge in [-0.2, -0.15) is 0 Å². The molecule has 1 unspecified atom stereocenters. The second kappa shape index (κ2) is 5.42. The molecule has 0 aliphatic carbocycles. The first kappa shape index (κ1) is 14.6. The minimum absolute atomic E-state index is 1.07. The zero-order valence-electron chi connectivity index (χ0n) is 8.45. The molecule has 0 spiro atoms. The van der Waals surface area contributed by atoms with Gasteiger partial charge in [0.1, 0.15) is 11.8 Å². The second-order valence-corrected chi connectivity index (χ2v) is 3.23. The van der Waals surface area contributed by atoms with Crippen LogP contribution in [0.3, 0.4) is 0 Å². The van der Waals surface area contributed by atoms with Crippen LogP contribution in [0.4, 0.5) is 36.4 Å². The van der Waals surface area contributed by atoms with Crippen LogP contribution >= 0.6 is 0 Å². The van der Waals surface area contributed by atoms with Crippen molar-refractivity contribution >= 4 is 5.69 Å². The summed E-state index contributed by atoms with van der Waals surface area (Å²) in [7, 11) is 0. The molecular weight excluding hydrogens is 271 g/mol. The fraction of sp³-hybridized carbons (Fsp3) is 0.333. The number of rotatable bonds is 4. The Morgan fingerprint density at radius 2 is 1.22 bits per heavy atom. The van der Waals surface area contributed by atoms with E-state index in [0.29, 0.717) is 0 Å². The number of aliphatic hydroxyl groups is 1. The van der Waals surface area contributed by atoms with Gasteiger partial charge in [-0.25, -0.2) is 30.7 Å². The Balaban J connectivity index is 3.03. The molecule has 0 bridgehead atoms. The van der Waals surface area contributed by atoms with E-state index in [1.807, 2.05) is 0 Å². The van der Waals surface area contributed by atoms with Crippen LogP contribution in [-0.2, 0) is 0 Å². The van der Waals surface area contributed by atoms with Crippen LogP contribution in [0.1, 0.15) is 0 Å². The first-order valence-electron chi connectivity index (χ1n) is 4.48. The first-order chi connectivity index (χ1) is 8.27. The number of hydrogen-bond acceptors (Lipinski definition) is 2. The Morgan fingerprint density at radius 3 is 1.61 bits per heavy atom. The Morgan fingerprint density at radius 1 is 0.833 bits per heavy atom. The van der Waals surface area contributed by atoms with E-state index in [2.05, 4.69) is 0 Å². The SMILES string of the molecule is OC(CNc1c(F)c(F)c(F)c(F)c1F)C(F)F. The fourth-order valence-corrected chi connectivity index (χ4v) is 1.06. The number of halogens is 7. The summed E-state index contributed by atoms with van der Waals surface area (Å²) in [6.45, 7) is -1.07. The van der Waals surface area contributed by atoms with E-state index in [0.717, 1.165) is 0 Å². The van der Waals surface area contributed by atoms with Gasteiger partial charge in [-0.3, -0.25) is 0 Å². The highest BCUT2D eigenvalue weighted by Crippen LogP contribution is 2.27. The molecule has 1 atom stereocenters. The Bertz CT molecular complexity index is 422. The molecule has 2 N–H and O–H groups in total. The summed E-state index contributed by atoms with van der Waals surface area (Å²) in [5, 5.41) is 10.2. The first-order valence-corrected chi connectivity index (χ1v) is 4.48. The van der Waals surface area contributed by atoms with Gasteiger partial charge in [0.15, 0.2) is 23.3 Å². The number of nitrogens with one attached hydrogen (secondary N) is 1. The summed E-state index contributed by atoms with van der Waals surface area (Å²) >= 11 is 0. The maximum atomic E-state index is 13.0. The van der Waals surface area contributed by atoms with E-state index in [1.54, 1.807) is 5.32 Å². The monoisotopic (exact) mass is 277 g/mol. The highest BCUT2D eigenvalue weighted by atomic mass is 19.3. The predicted octanol–water partition coefficient (Wildman–Crippen LogP) is 2.42. The van der Waals surface area contributed by atoms with Gasteiger partial charge in [-0.15, -0.1) is 0 Å². The highest BCUT2D eigenvalue weighted by Gasteiger charge is 2.26. The molecule has 102 valence electrons. The summed E-state index contributed by atoms with van der Waals surface area (Å²) in [4.78, 5) is 0. The summed E-state index contributed by atoms with van der Waals surface area (Å²) < 4.78 is 87.7. The van der Waals surface area contributed by atoms with Crippen molar-refractivity contribution in [2.75, 3.05) is 11.9 Å². The van der Waals surface area contributed by atoms with Crippen molar-refractivity contribution in [3.8, 4) is 0 Å². The van der Waals surface area contributed by atoms with Crippen molar-refractivity contribution in [2.24, 2.45) is 0 Å². The van der Waals surface area contributed by atoms with Crippen molar-refractivity contribution in [3.63, 3.8) is 0 Å². The number of aliphatic hydroxyl groups excluding tert-OH is 1. The van der Waals surface area contributed by atoms with E-state index in [9.17, 15) is 30.7 Å². The lowest BCUT2D eigenvalue weighted by molar-refractivity contribution is 0.00376. The topological polar surface area (TPSA) is 32.3 Å². The molecular formula is C9H6F7NO. The average Bonchev–Trinajstić information content (AvgIpc) is 2.33. The molecule has 2 nitrogen and oxygen atoms in total. The smallest absolute Gasteiger partial charge is 0.265 e. The summed E-state index contributed by atoms with van der Waals surface area (Å²) in [5.41, 5.74) is -1.47. The third-order valence-electron chi connectivity index (χ3n) is 1.99. The van der Waals surface area contributed by atoms with Gasteiger partial charge in [0.2, 0.25) is 5.82 Å². The molecule has 18 heavy (non-hydrogen) atoms. The number of anilines is 1. The standard InChI is InChI=1S/C9H6F7NO/c10-3-4(11)6(13)8(7(14)5(3)12)17-1-2(18)9(15)16/h2,9,17-18H,1H2. The molecule has 0 aliphatic heterocycles. The van der Waals surface area contributed by atoms with Gasteiger partial charge in [-0.1, -0.05) is 0 Å². The third-order valence-corrected chi connectivity index (χ3v) is 1.99. The van der Waals surface area contributed by atoms with Gasteiger partial charge in [-0.05, 0) is 0 Å². The van der Waals surface area contributed by atoms with Gasteiger partial charge in [0.25, 0.3) is 6.43 Å². The molecule has 0 heterocycles. The molecule has 0 saturated heterocycles. The van der Waals surface area contributed by atoms with E-state index < -0.39 is 53.8 Å². The fourth-order valence-electron chi connectivity index (χ4n) is 1.06. The van der Waals surface area contributed by atoms with E-state index in [-0.39, 0.29) is 0 Å². The predicted molar refractivity (Wildman–Crippen MR) is 46.7 cm³/mol. The van der Waals surface area contributed by atoms with Gasteiger partial charge in [0.05, 0.1) is 0 Å². The average molecular weight is 277 g/mol. The molecule has 1 rings (SSSR count). The summed E-state index contributed by atoms with van der Waals surface area (Å²) in [5.74, 6) is -11.1. The van der Waals surface area contributed by atoms with Gasteiger partial charge >= 0.3 is 0 Å². The third kappa shape index (κ3) is 2.66. The Kier molecular flexibility index (Phi) is 4.38. The largest absolute Gasteiger partial charge is 0.385 e. The van der Waals surface area contributed by atoms with Gasteiger partial charge in [0, 0.05) is 6.54 Å². The van der Waals surface area contributed by atoms with E-state index in [4.69, 9.17) is 5.11 Å². The molecule has 1 aromatic carbocycles. The summed E-state index contributed by atoms with van der Waals surface area (Å²) in [6, 6.07) is 0. The number of alkyl halides is 2. The maximum Gasteiger partial charge on any atom is 0.265 e. The van der Waals surface area contributed by atoms with Crippen molar-refractivity contribution < 1.29 is 35.8 Å². The van der Waals surface area contributed by atoms with E-state index >= 15 is 0 Å². The molecule has 0 aliphatic rings. The zero-order chi connectivity index (χ0) is 14.0. The van der Waals surface area contributed by atoms with Crippen LogP contribution < -0.4 is 5.32 Å². The van der Waals surface area contributed by atoms with Crippen molar-refractivity contribution in [2.45, 2.75) is 12.5 Å². The highest BCUT2D eigenvalue weighted by molar-refractivity contribution is 5.47. The minimum Gasteiger partial charge on any atom is -0.385 e. The Labute approximate surface area is 96.0 Å². The lowest BCUT2D eigenvalue weighted by atomic mass is 10.2. The van der Waals surface area contributed by atoms with Crippen molar-refractivity contribution in [1.82, 2.24) is 0 Å². The molecule has 0 amide bonds. The van der Waals surface area contributed by atoms with Gasteiger partial charge < -0.3 is 10.4 Å². The molecule has 0 aromatic heterocycles. The number of hydrogen-bond donors (Lipinski definition) is 2. The zero-order valence-corrected chi connectivity index (χ0v) is 8.45. The van der Waals surface area contributed by atoms with Crippen LogP contribution in [0.5, 0.6) is 0 Å². The van der Waals surface area contributed by atoms with Crippen LogP contribution in [0.2, 0.25) is 0 Å². The maximum absolute atomic E-state index is 13.0. The summed E-state index contributed by atoms with van der Waals surface area (Å²) in [6.07, 6.45) is -5.53. The minimum atomic E-state index is -3.22. The lowest BCUT2D eigenvalue weighted by Crippen LogP contribution is -2.27. The van der Waals surface area contributed by atoms with Crippen LogP contribution in [0.15, 0.2) is 0 Å². The quantitative estimate of drug-likeness (QED) is 0.503. The number of benzene rings is 1. The molecule has 0 fully saturated rings. The van der Waals surface area contributed by atoms with Crippen LogP contribution in [-0.4, -0.2) is 24.2 Å². The van der Waals surface area contributed by atoms with Crippen LogP contribution in [0.25, 0.3) is 0 Å².